The molecule has 1 nitrogen and oxygen atoms in total. The number of halogens is 2. The molecule has 7 rings (SSSR count). The van der Waals surface area contributed by atoms with Crippen molar-refractivity contribution in [2.45, 2.75) is 85.5 Å². The van der Waals surface area contributed by atoms with E-state index in [1.807, 2.05) is 12.3 Å². The monoisotopic (exact) mass is 775 g/mol. The van der Waals surface area contributed by atoms with E-state index < -0.39 is 0 Å². The molecule has 5 aromatic carbocycles. The van der Waals surface area contributed by atoms with Gasteiger partial charge in [0.05, 0.1) is 12.0 Å². The second-order valence-corrected chi connectivity index (χ2v) is 15.6. The second-order valence-electron chi connectivity index (χ2n) is 15.6. The summed E-state index contributed by atoms with van der Waals surface area (Å²) in [6.45, 7) is 20.6. The van der Waals surface area contributed by atoms with Gasteiger partial charge < -0.3 is 29.2 Å². The molecular formula is C46H47Cl2OZr. The Morgan fingerprint density at radius 2 is 1.42 bits per heavy atom. The molecule has 0 spiro atoms. The van der Waals surface area contributed by atoms with Gasteiger partial charge in [0, 0.05) is 5.92 Å². The smallest absolute Gasteiger partial charge is 1.00 e. The van der Waals surface area contributed by atoms with E-state index >= 15 is 0 Å². The molecule has 1 aromatic heterocycles. The molecule has 0 aliphatic heterocycles. The standard InChI is InChI=1S/C46H47O.2ClH.Zr/c1-10-30-25-33-27-38(31-17-19-34(20-18-31)45(4,5)6)44(40-16-13-23-47-40)42(33)41(29(30)3)43-37-15-12-11-14-32(37)26-39(43)36-22-21-35(24-28(36)2)46(7,8)9;;;/h11-27,43H,10H2,1-9H3;2*1H;/q-1;;;+3/p-2. The van der Waals surface area contributed by atoms with Crippen LogP contribution in [0.25, 0.3) is 44.9 Å². The summed E-state index contributed by atoms with van der Waals surface area (Å²) in [6, 6.07) is 34.3. The van der Waals surface area contributed by atoms with Gasteiger partial charge in [-0.15, -0.1) is 28.5 Å². The molecule has 1 atom stereocenters. The Morgan fingerprint density at radius 1 is 0.760 bits per heavy atom. The number of aryl methyl sites for hydroxylation is 2. The average Bonchev–Trinajstić information content (AvgIpc) is 3.78. The minimum absolute atomic E-state index is 0. The molecule has 1 aliphatic rings. The molecule has 0 N–H and O–H groups in total. The molecule has 1 unspecified atom stereocenters. The van der Waals surface area contributed by atoms with Gasteiger partial charge in [-0.1, -0.05) is 143 Å². The third kappa shape index (κ3) is 6.94. The number of hydrogen-bond donors (Lipinski definition) is 0. The SMILES string of the molecule is CCc1cc2[cH-]c(-c3ccc(C(C)(C)C)cc3)c(-c3ccco3)c2c(C2C(c3ccc(C(C)(C)C)cc3C)=Cc3ccccc32)c1C.[Cl-].[Cl-].[Zr+3]. The molecule has 0 saturated heterocycles. The molecule has 0 fully saturated rings. The molecule has 255 valence electrons. The fraction of sp³-hybridized carbons (Fsp3) is 0.283. The predicted molar refractivity (Wildman–Crippen MR) is 202 cm³/mol. The summed E-state index contributed by atoms with van der Waals surface area (Å²) in [5.74, 6) is 1.02. The Bertz CT molecular complexity index is 2150. The van der Waals surface area contributed by atoms with Gasteiger partial charge in [-0.3, -0.25) is 0 Å². The van der Waals surface area contributed by atoms with Gasteiger partial charge in [-0.05, 0) is 88.3 Å². The Labute approximate surface area is 330 Å². The molecule has 1 heterocycles. The van der Waals surface area contributed by atoms with Crippen molar-refractivity contribution in [3.63, 3.8) is 0 Å². The first kappa shape index (κ1) is 39.8. The van der Waals surface area contributed by atoms with Gasteiger partial charge in [-0.25, -0.2) is 0 Å². The molecule has 1 radical (unpaired) electrons. The summed E-state index contributed by atoms with van der Waals surface area (Å²) in [4.78, 5) is 0. The van der Waals surface area contributed by atoms with E-state index in [9.17, 15) is 0 Å². The molecule has 0 saturated carbocycles. The van der Waals surface area contributed by atoms with Crippen LogP contribution in [-0.2, 0) is 43.5 Å². The Kier molecular flexibility index (Phi) is 11.9. The van der Waals surface area contributed by atoms with E-state index in [0.717, 1.165) is 12.2 Å². The normalized spacial score (nSPS) is 14.0. The summed E-state index contributed by atoms with van der Waals surface area (Å²) in [7, 11) is 0. The topological polar surface area (TPSA) is 13.1 Å². The summed E-state index contributed by atoms with van der Waals surface area (Å²) in [5.41, 5.74) is 17.5. The van der Waals surface area contributed by atoms with Gasteiger partial charge in [-0.2, -0.15) is 0 Å². The summed E-state index contributed by atoms with van der Waals surface area (Å²) in [6.07, 6.45) is 5.24. The van der Waals surface area contributed by atoms with Crippen LogP contribution in [0.1, 0.15) is 104 Å². The maximum atomic E-state index is 6.27. The maximum Gasteiger partial charge on any atom is 3.00 e. The van der Waals surface area contributed by atoms with Crippen LogP contribution in [0.3, 0.4) is 0 Å². The van der Waals surface area contributed by atoms with E-state index in [1.165, 1.54) is 83.1 Å². The van der Waals surface area contributed by atoms with Crippen LogP contribution in [0.15, 0.2) is 102 Å². The third-order valence-electron chi connectivity index (χ3n) is 10.4. The molecular weight excluding hydrogens is 731 g/mol. The van der Waals surface area contributed by atoms with Crippen LogP contribution in [0, 0.1) is 13.8 Å². The number of benzene rings is 4. The van der Waals surface area contributed by atoms with Gasteiger partial charge in [0.25, 0.3) is 0 Å². The van der Waals surface area contributed by atoms with E-state index in [1.54, 1.807) is 0 Å². The third-order valence-corrected chi connectivity index (χ3v) is 10.4. The van der Waals surface area contributed by atoms with Crippen LogP contribution in [0.4, 0.5) is 0 Å². The van der Waals surface area contributed by atoms with Crippen LogP contribution >= 0.6 is 0 Å². The average molecular weight is 778 g/mol. The summed E-state index contributed by atoms with van der Waals surface area (Å²) >= 11 is 0. The van der Waals surface area contributed by atoms with Crippen LogP contribution < -0.4 is 24.8 Å². The van der Waals surface area contributed by atoms with Crippen LogP contribution in [-0.4, -0.2) is 0 Å². The first-order chi connectivity index (χ1) is 22.4. The van der Waals surface area contributed by atoms with E-state index in [4.69, 9.17) is 4.42 Å². The molecule has 1 aliphatic carbocycles. The molecule has 0 bridgehead atoms. The van der Waals surface area contributed by atoms with Gasteiger partial charge in [0.1, 0.15) is 0 Å². The predicted octanol–water partition coefficient (Wildman–Crippen LogP) is 6.95. The van der Waals surface area contributed by atoms with E-state index in [-0.39, 0.29) is 67.8 Å². The van der Waals surface area contributed by atoms with Gasteiger partial charge >= 0.3 is 26.2 Å². The van der Waals surface area contributed by atoms with Crippen molar-refractivity contribution in [3.05, 3.63) is 147 Å². The van der Waals surface area contributed by atoms with Crippen molar-refractivity contribution in [3.8, 4) is 22.5 Å². The minimum atomic E-state index is 0. The van der Waals surface area contributed by atoms with Crippen molar-refractivity contribution in [1.29, 1.82) is 0 Å². The molecule has 4 heteroatoms. The van der Waals surface area contributed by atoms with Crippen molar-refractivity contribution in [1.82, 2.24) is 0 Å². The Balaban J connectivity index is 0.00000187. The van der Waals surface area contributed by atoms with Crippen molar-refractivity contribution >= 4 is 22.4 Å². The zero-order valence-electron chi connectivity index (χ0n) is 30.8. The van der Waals surface area contributed by atoms with Gasteiger partial charge in [0.15, 0.2) is 0 Å². The van der Waals surface area contributed by atoms with Gasteiger partial charge in [0.2, 0.25) is 0 Å². The zero-order valence-corrected chi connectivity index (χ0v) is 34.7. The molecule has 50 heavy (non-hydrogen) atoms. The zero-order chi connectivity index (χ0) is 33.2. The molecule has 0 amide bonds. The minimum Gasteiger partial charge on any atom is -1.00 e. The summed E-state index contributed by atoms with van der Waals surface area (Å²) < 4.78 is 6.27. The van der Waals surface area contributed by atoms with Crippen molar-refractivity contribution < 1.29 is 55.4 Å². The van der Waals surface area contributed by atoms with E-state index in [2.05, 4.69) is 153 Å². The maximum absolute atomic E-state index is 6.27. The number of rotatable bonds is 5. The van der Waals surface area contributed by atoms with Crippen LogP contribution in [0.2, 0.25) is 0 Å². The number of hydrogen-bond acceptors (Lipinski definition) is 1. The Hall–Kier alpha value is -3.03. The first-order valence-electron chi connectivity index (χ1n) is 17.2. The number of fused-ring (bicyclic) bond motifs is 2. The second kappa shape index (κ2) is 14.9. The first-order valence-corrected chi connectivity index (χ1v) is 17.2. The summed E-state index contributed by atoms with van der Waals surface area (Å²) in [5, 5.41) is 2.59. The molecule has 6 aromatic rings. The van der Waals surface area contributed by atoms with E-state index in [0.29, 0.717) is 0 Å². The number of furan rings is 1. The van der Waals surface area contributed by atoms with Crippen molar-refractivity contribution in [2.75, 3.05) is 0 Å². The van der Waals surface area contributed by atoms with Crippen LogP contribution in [0.5, 0.6) is 0 Å². The largest absolute Gasteiger partial charge is 3.00 e. The fourth-order valence-electron chi connectivity index (χ4n) is 7.74. The fourth-order valence-corrected chi connectivity index (χ4v) is 7.74. The Morgan fingerprint density at radius 3 is 2.02 bits per heavy atom. The quantitative estimate of drug-likeness (QED) is 0.173. The number of allylic oxidation sites excluding steroid dienone is 1. The van der Waals surface area contributed by atoms with Crippen molar-refractivity contribution in [2.24, 2.45) is 0 Å².